The molecule has 1 aromatic rings. The molecule has 0 saturated carbocycles. The van der Waals surface area contributed by atoms with Crippen molar-refractivity contribution in [2.24, 2.45) is 5.92 Å². The maximum atomic E-state index is 11.7. The van der Waals surface area contributed by atoms with Crippen molar-refractivity contribution in [3.05, 3.63) is 29.8 Å². The highest BCUT2D eigenvalue weighted by molar-refractivity contribution is 5.82. The molecular weight excluding hydrogens is 256 g/mol. The number of likely N-dealkylation sites (N-methyl/N-ethyl adjacent to an activating group) is 1. The van der Waals surface area contributed by atoms with Crippen LogP contribution in [-0.4, -0.2) is 48.6 Å². The number of hydrogen-bond acceptors (Lipinski definition) is 3. The molecule has 0 aliphatic carbocycles. The van der Waals surface area contributed by atoms with Crippen LogP contribution in [0, 0.1) is 5.92 Å². The Kier molecular flexibility index (Phi) is 4.27. The van der Waals surface area contributed by atoms with Gasteiger partial charge in [0.05, 0.1) is 12.5 Å². The number of amides is 1. The molecule has 1 saturated heterocycles. The molecule has 108 valence electrons. The van der Waals surface area contributed by atoms with Crippen LogP contribution in [0.2, 0.25) is 0 Å². The van der Waals surface area contributed by atoms with Crippen LogP contribution in [-0.2, 0) is 16.0 Å². The zero-order valence-electron chi connectivity index (χ0n) is 11.9. The molecule has 0 aromatic heterocycles. The third-order valence-electron chi connectivity index (χ3n) is 3.72. The minimum Gasteiger partial charge on any atom is -0.481 e. The molecule has 0 spiro atoms. The first-order chi connectivity index (χ1) is 9.47. The van der Waals surface area contributed by atoms with Gasteiger partial charge in [0.15, 0.2) is 0 Å². The zero-order chi connectivity index (χ0) is 14.7. The summed E-state index contributed by atoms with van der Waals surface area (Å²) in [6.07, 6.45) is 0.525. The third-order valence-corrected chi connectivity index (χ3v) is 3.72. The molecule has 0 radical (unpaired) electrons. The SMILES string of the molecule is CC(Cc1ccc(N2CCN(C)C(=O)C2)cc1)C(=O)O. The first-order valence-electron chi connectivity index (χ1n) is 6.78. The van der Waals surface area contributed by atoms with Gasteiger partial charge in [-0.25, -0.2) is 0 Å². The molecule has 5 nitrogen and oxygen atoms in total. The maximum Gasteiger partial charge on any atom is 0.306 e. The second-order valence-corrected chi connectivity index (χ2v) is 5.35. The van der Waals surface area contributed by atoms with Gasteiger partial charge in [0, 0.05) is 25.8 Å². The minimum absolute atomic E-state index is 0.125. The molecule has 1 atom stereocenters. The van der Waals surface area contributed by atoms with E-state index >= 15 is 0 Å². The van der Waals surface area contributed by atoms with Gasteiger partial charge in [0.1, 0.15) is 0 Å². The molecule has 1 aromatic carbocycles. The molecule has 2 rings (SSSR count). The monoisotopic (exact) mass is 276 g/mol. The van der Waals surface area contributed by atoms with Gasteiger partial charge in [0.2, 0.25) is 5.91 Å². The Hall–Kier alpha value is -2.04. The Morgan fingerprint density at radius 2 is 1.95 bits per heavy atom. The number of anilines is 1. The fraction of sp³-hybridized carbons (Fsp3) is 0.467. The van der Waals surface area contributed by atoms with E-state index < -0.39 is 5.97 Å². The lowest BCUT2D eigenvalue weighted by Crippen LogP contribution is -2.48. The van der Waals surface area contributed by atoms with Crippen molar-refractivity contribution in [2.75, 3.05) is 31.6 Å². The molecule has 1 aliphatic rings. The number of rotatable bonds is 4. The van der Waals surface area contributed by atoms with Crippen LogP contribution in [0.15, 0.2) is 24.3 Å². The van der Waals surface area contributed by atoms with E-state index in [9.17, 15) is 9.59 Å². The summed E-state index contributed by atoms with van der Waals surface area (Å²) < 4.78 is 0. The minimum atomic E-state index is -0.779. The van der Waals surface area contributed by atoms with Crippen molar-refractivity contribution < 1.29 is 14.7 Å². The van der Waals surface area contributed by atoms with E-state index in [0.717, 1.165) is 24.3 Å². The van der Waals surface area contributed by atoms with Crippen LogP contribution >= 0.6 is 0 Å². The molecule has 1 amide bonds. The molecule has 1 N–H and O–H groups in total. The van der Waals surface area contributed by atoms with Crippen LogP contribution in [0.25, 0.3) is 0 Å². The van der Waals surface area contributed by atoms with Crippen molar-refractivity contribution in [1.82, 2.24) is 4.90 Å². The number of carboxylic acids is 1. The molecule has 1 aliphatic heterocycles. The average Bonchev–Trinajstić information content (AvgIpc) is 2.42. The maximum absolute atomic E-state index is 11.7. The summed E-state index contributed by atoms with van der Waals surface area (Å²) in [6, 6.07) is 7.81. The highest BCUT2D eigenvalue weighted by atomic mass is 16.4. The van der Waals surface area contributed by atoms with Crippen molar-refractivity contribution in [2.45, 2.75) is 13.3 Å². The van der Waals surface area contributed by atoms with Crippen LogP contribution in [0.5, 0.6) is 0 Å². The predicted octanol–water partition coefficient (Wildman–Crippen LogP) is 1.23. The van der Waals surface area contributed by atoms with Gasteiger partial charge in [0.25, 0.3) is 0 Å². The Labute approximate surface area is 118 Å². The molecule has 20 heavy (non-hydrogen) atoms. The Bertz CT molecular complexity index is 498. The summed E-state index contributed by atoms with van der Waals surface area (Å²) >= 11 is 0. The standard InChI is InChI=1S/C15H20N2O3/c1-11(15(19)20)9-12-3-5-13(6-4-12)17-8-7-16(2)14(18)10-17/h3-6,11H,7-10H2,1-2H3,(H,19,20). The lowest BCUT2D eigenvalue weighted by molar-refractivity contribution is -0.141. The van der Waals surface area contributed by atoms with Gasteiger partial charge < -0.3 is 14.9 Å². The largest absolute Gasteiger partial charge is 0.481 e. The molecule has 1 unspecified atom stereocenters. The van der Waals surface area contributed by atoms with Gasteiger partial charge in [-0.1, -0.05) is 19.1 Å². The van der Waals surface area contributed by atoms with Gasteiger partial charge in [-0.05, 0) is 24.1 Å². The van der Waals surface area contributed by atoms with Crippen molar-refractivity contribution in [3.63, 3.8) is 0 Å². The van der Waals surface area contributed by atoms with Crippen molar-refractivity contribution in [3.8, 4) is 0 Å². The number of piperazine rings is 1. The third kappa shape index (κ3) is 3.29. The van der Waals surface area contributed by atoms with Crippen molar-refractivity contribution in [1.29, 1.82) is 0 Å². The number of hydrogen-bond donors (Lipinski definition) is 1. The second-order valence-electron chi connectivity index (χ2n) is 5.35. The smallest absolute Gasteiger partial charge is 0.306 e. The average molecular weight is 276 g/mol. The van der Waals surface area contributed by atoms with Crippen LogP contribution in [0.1, 0.15) is 12.5 Å². The summed E-state index contributed by atoms with van der Waals surface area (Å²) in [4.78, 5) is 26.3. The van der Waals surface area contributed by atoms with E-state index in [0.29, 0.717) is 13.0 Å². The number of carboxylic acid groups (broad SMARTS) is 1. The number of aliphatic carboxylic acids is 1. The summed E-state index contributed by atoms with van der Waals surface area (Å²) in [5, 5.41) is 8.91. The summed E-state index contributed by atoms with van der Waals surface area (Å²) in [5.41, 5.74) is 2.02. The second kappa shape index (κ2) is 5.94. The Balaban J connectivity index is 2.01. The highest BCUT2D eigenvalue weighted by Crippen LogP contribution is 2.19. The van der Waals surface area contributed by atoms with Gasteiger partial charge in [-0.15, -0.1) is 0 Å². The van der Waals surface area contributed by atoms with E-state index in [-0.39, 0.29) is 11.8 Å². The normalized spacial score (nSPS) is 17.2. The lowest BCUT2D eigenvalue weighted by Gasteiger charge is -2.33. The van der Waals surface area contributed by atoms with E-state index in [1.165, 1.54) is 0 Å². The summed E-state index contributed by atoms with van der Waals surface area (Å²) in [7, 11) is 1.82. The first kappa shape index (κ1) is 14.4. The lowest BCUT2D eigenvalue weighted by atomic mass is 10.0. The van der Waals surface area contributed by atoms with Gasteiger partial charge in [-0.3, -0.25) is 9.59 Å². The molecule has 1 fully saturated rings. The molecule has 5 heteroatoms. The van der Waals surface area contributed by atoms with E-state index in [2.05, 4.69) is 0 Å². The van der Waals surface area contributed by atoms with Crippen molar-refractivity contribution >= 4 is 17.6 Å². The molecular formula is C15H20N2O3. The van der Waals surface area contributed by atoms with Crippen LogP contribution in [0.3, 0.4) is 0 Å². The van der Waals surface area contributed by atoms with Gasteiger partial charge in [-0.2, -0.15) is 0 Å². The van der Waals surface area contributed by atoms with Gasteiger partial charge >= 0.3 is 5.97 Å². The highest BCUT2D eigenvalue weighted by Gasteiger charge is 2.21. The first-order valence-corrected chi connectivity index (χ1v) is 6.78. The predicted molar refractivity (Wildman–Crippen MR) is 76.8 cm³/mol. The van der Waals surface area contributed by atoms with Crippen LogP contribution < -0.4 is 4.90 Å². The summed E-state index contributed by atoms with van der Waals surface area (Å²) in [6.45, 7) is 3.67. The molecule has 0 bridgehead atoms. The molecule has 1 heterocycles. The zero-order valence-corrected chi connectivity index (χ0v) is 11.9. The Morgan fingerprint density at radius 3 is 2.50 bits per heavy atom. The number of benzene rings is 1. The van der Waals surface area contributed by atoms with E-state index in [1.807, 2.05) is 36.2 Å². The topological polar surface area (TPSA) is 60.9 Å². The number of nitrogens with zero attached hydrogens (tertiary/aromatic N) is 2. The fourth-order valence-corrected chi connectivity index (χ4v) is 2.26. The number of carbonyl (C=O) groups is 2. The Morgan fingerprint density at radius 1 is 1.30 bits per heavy atom. The van der Waals surface area contributed by atoms with E-state index in [4.69, 9.17) is 5.11 Å². The van der Waals surface area contributed by atoms with Crippen LogP contribution in [0.4, 0.5) is 5.69 Å². The quantitative estimate of drug-likeness (QED) is 0.898. The van der Waals surface area contributed by atoms with E-state index in [1.54, 1.807) is 11.8 Å². The number of carbonyl (C=O) groups excluding carboxylic acids is 1. The fourth-order valence-electron chi connectivity index (χ4n) is 2.26. The summed E-state index contributed by atoms with van der Waals surface area (Å²) in [5.74, 6) is -1.04.